The molecule has 1 fully saturated rings. The third kappa shape index (κ3) is 4.04. The summed E-state index contributed by atoms with van der Waals surface area (Å²) >= 11 is 13.5. The number of thiophene rings is 1. The van der Waals surface area contributed by atoms with E-state index in [2.05, 4.69) is 4.90 Å². The highest BCUT2D eigenvalue weighted by Gasteiger charge is 2.22. The van der Waals surface area contributed by atoms with Crippen LogP contribution in [0, 0.1) is 0 Å². The third-order valence-corrected chi connectivity index (χ3v) is 6.19. The second-order valence-corrected chi connectivity index (χ2v) is 8.18. The van der Waals surface area contributed by atoms with Crippen LogP contribution < -0.4 is 4.90 Å². The summed E-state index contributed by atoms with van der Waals surface area (Å²) in [6, 6.07) is 16.7. The molecule has 0 aliphatic carbocycles. The smallest absolute Gasteiger partial charge is 0.203 e. The van der Waals surface area contributed by atoms with Gasteiger partial charge in [-0.25, -0.2) is 0 Å². The molecule has 1 aliphatic heterocycles. The van der Waals surface area contributed by atoms with Crippen molar-refractivity contribution in [2.45, 2.75) is 0 Å². The second-order valence-electron chi connectivity index (χ2n) is 6.27. The van der Waals surface area contributed by atoms with Gasteiger partial charge in [0.1, 0.15) is 0 Å². The van der Waals surface area contributed by atoms with Crippen LogP contribution >= 0.6 is 34.5 Å². The van der Waals surface area contributed by atoms with Crippen molar-refractivity contribution < 1.29 is 9.53 Å². The summed E-state index contributed by atoms with van der Waals surface area (Å²) < 4.78 is 5.48. The number of anilines is 1. The lowest BCUT2D eigenvalue weighted by molar-refractivity contribution is 0.104. The van der Waals surface area contributed by atoms with E-state index in [-0.39, 0.29) is 5.78 Å². The Morgan fingerprint density at radius 1 is 0.926 bits per heavy atom. The van der Waals surface area contributed by atoms with Crippen LogP contribution in [0.5, 0.6) is 0 Å². The van der Waals surface area contributed by atoms with Gasteiger partial charge in [0.05, 0.1) is 23.1 Å². The molecular formula is C21H17Cl2NO2S. The van der Waals surface area contributed by atoms with Crippen molar-refractivity contribution in [1.82, 2.24) is 0 Å². The van der Waals surface area contributed by atoms with Crippen molar-refractivity contribution in [2.75, 3.05) is 31.2 Å². The normalized spacial score (nSPS) is 14.4. The van der Waals surface area contributed by atoms with Crippen LogP contribution in [0.2, 0.25) is 10.0 Å². The summed E-state index contributed by atoms with van der Waals surface area (Å²) in [6.07, 6.45) is 0. The average Bonchev–Trinajstić information content (AvgIpc) is 3.15. The summed E-state index contributed by atoms with van der Waals surface area (Å²) in [4.78, 5) is 16.0. The zero-order chi connectivity index (χ0) is 18.8. The van der Waals surface area contributed by atoms with Crippen LogP contribution in [-0.2, 0) is 4.74 Å². The first-order valence-corrected chi connectivity index (χ1v) is 10.2. The molecule has 0 unspecified atom stereocenters. The summed E-state index contributed by atoms with van der Waals surface area (Å²) in [6.45, 7) is 3.02. The number of hydrogen-bond acceptors (Lipinski definition) is 4. The summed E-state index contributed by atoms with van der Waals surface area (Å²) in [7, 11) is 0. The molecule has 6 heteroatoms. The van der Waals surface area contributed by atoms with Crippen LogP contribution in [0.15, 0.2) is 54.6 Å². The number of benzene rings is 2. The summed E-state index contributed by atoms with van der Waals surface area (Å²) in [5.41, 5.74) is 2.74. The molecular weight excluding hydrogens is 401 g/mol. The van der Waals surface area contributed by atoms with E-state index in [1.165, 1.54) is 11.3 Å². The summed E-state index contributed by atoms with van der Waals surface area (Å²) in [5.74, 6) is 0.00592. The average molecular weight is 418 g/mol. The van der Waals surface area contributed by atoms with E-state index in [9.17, 15) is 4.79 Å². The first kappa shape index (κ1) is 18.5. The highest BCUT2D eigenvalue weighted by molar-refractivity contribution is 7.18. The standard InChI is InChI=1S/C21H17Cl2NO2S/c22-16-5-1-14(2-6-16)18-13-19(20(25)15-3-7-17(23)8-4-15)27-21(18)24-9-11-26-12-10-24/h1-8,13H,9-12H2. The molecule has 2 heterocycles. The van der Waals surface area contributed by atoms with E-state index in [0.29, 0.717) is 33.7 Å². The highest BCUT2D eigenvalue weighted by Crippen LogP contribution is 2.40. The van der Waals surface area contributed by atoms with E-state index >= 15 is 0 Å². The number of ketones is 1. The zero-order valence-corrected chi connectivity index (χ0v) is 16.8. The molecule has 0 amide bonds. The van der Waals surface area contributed by atoms with Crippen molar-refractivity contribution >= 4 is 45.3 Å². The van der Waals surface area contributed by atoms with Gasteiger partial charge in [0, 0.05) is 34.3 Å². The Hall–Kier alpha value is -1.85. The number of hydrogen-bond donors (Lipinski definition) is 0. The van der Waals surface area contributed by atoms with Gasteiger partial charge in [0.2, 0.25) is 5.78 Å². The van der Waals surface area contributed by atoms with Gasteiger partial charge in [0.25, 0.3) is 0 Å². The Balaban J connectivity index is 1.75. The molecule has 4 rings (SSSR count). The van der Waals surface area contributed by atoms with Crippen LogP contribution in [0.25, 0.3) is 11.1 Å². The molecule has 0 atom stereocenters. The molecule has 0 radical (unpaired) electrons. The lowest BCUT2D eigenvalue weighted by Gasteiger charge is -2.28. The van der Waals surface area contributed by atoms with Crippen LogP contribution in [0.3, 0.4) is 0 Å². The molecule has 1 aliphatic rings. The minimum absolute atomic E-state index is 0.00592. The van der Waals surface area contributed by atoms with Crippen LogP contribution in [0.4, 0.5) is 5.00 Å². The summed E-state index contributed by atoms with van der Waals surface area (Å²) in [5, 5.41) is 2.41. The SMILES string of the molecule is O=C(c1ccc(Cl)cc1)c1cc(-c2ccc(Cl)cc2)c(N2CCOCC2)s1. The van der Waals surface area contributed by atoms with Crippen molar-refractivity contribution in [3.63, 3.8) is 0 Å². The maximum absolute atomic E-state index is 13.0. The maximum atomic E-state index is 13.0. The lowest BCUT2D eigenvalue weighted by Crippen LogP contribution is -2.35. The van der Waals surface area contributed by atoms with Gasteiger partial charge >= 0.3 is 0 Å². The fourth-order valence-electron chi connectivity index (χ4n) is 3.07. The third-order valence-electron chi connectivity index (χ3n) is 4.50. The first-order chi connectivity index (χ1) is 13.1. The molecule has 0 N–H and O–H groups in total. The minimum Gasteiger partial charge on any atom is -0.378 e. The van der Waals surface area contributed by atoms with Gasteiger partial charge < -0.3 is 9.64 Å². The van der Waals surface area contributed by atoms with E-state index in [1.54, 1.807) is 24.3 Å². The predicted molar refractivity (Wildman–Crippen MR) is 113 cm³/mol. The lowest BCUT2D eigenvalue weighted by atomic mass is 10.1. The molecule has 1 saturated heterocycles. The minimum atomic E-state index is 0.00592. The van der Waals surface area contributed by atoms with E-state index in [1.807, 2.05) is 30.3 Å². The van der Waals surface area contributed by atoms with Crippen molar-refractivity contribution in [2.24, 2.45) is 0 Å². The quantitative estimate of drug-likeness (QED) is 0.503. The van der Waals surface area contributed by atoms with Crippen LogP contribution in [0.1, 0.15) is 15.2 Å². The van der Waals surface area contributed by atoms with Crippen molar-refractivity contribution in [3.8, 4) is 11.1 Å². The van der Waals surface area contributed by atoms with E-state index < -0.39 is 0 Å². The van der Waals surface area contributed by atoms with Gasteiger partial charge in [-0.1, -0.05) is 35.3 Å². The van der Waals surface area contributed by atoms with Crippen molar-refractivity contribution in [3.05, 3.63) is 75.1 Å². The molecule has 2 aromatic carbocycles. The number of carbonyl (C=O) groups is 1. The Morgan fingerprint density at radius 3 is 2.15 bits per heavy atom. The molecule has 3 nitrogen and oxygen atoms in total. The monoisotopic (exact) mass is 417 g/mol. The van der Waals surface area contributed by atoms with Crippen LogP contribution in [-0.4, -0.2) is 32.1 Å². The van der Waals surface area contributed by atoms with Gasteiger partial charge in [-0.15, -0.1) is 11.3 Å². The van der Waals surface area contributed by atoms with E-state index in [4.69, 9.17) is 27.9 Å². The molecule has 1 aromatic heterocycles. The Kier molecular flexibility index (Phi) is 5.50. The molecule has 138 valence electrons. The first-order valence-electron chi connectivity index (χ1n) is 8.64. The Labute approximate surface area is 172 Å². The highest BCUT2D eigenvalue weighted by atomic mass is 35.5. The Bertz CT molecular complexity index is 945. The largest absolute Gasteiger partial charge is 0.378 e. The number of rotatable bonds is 4. The fraction of sp³-hybridized carbons (Fsp3) is 0.190. The maximum Gasteiger partial charge on any atom is 0.203 e. The molecule has 0 bridgehead atoms. The number of carbonyl (C=O) groups excluding carboxylic acids is 1. The number of halogens is 2. The molecule has 0 spiro atoms. The van der Waals surface area contributed by atoms with Gasteiger partial charge in [-0.2, -0.15) is 0 Å². The van der Waals surface area contributed by atoms with Gasteiger partial charge in [0.15, 0.2) is 0 Å². The molecule has 27 heavy (non-hydrogen) atoms. The fourth-order valence-corrected chi connectivity index (χ4v) is 4.52. The second kappa shape index (κ2) is 8.03. The van der Waals surface area contributed by atoms with Gasteiger partial charge in [-0.05, 0) is 48.0 Å². The number of nitrogens with zero attached hydrogens (tertiary/aromatic N) is 1. The number of morpholine rings is 1. The topological polar surface area (TPSA) is 29.5 Å². The molecule has 3 aromatic rings. The Morgan fingerprint density at radius 2 is 1.52 bits per heavy atom. The molecule has 0 saturated carbocycles. The van der Waals surface area contributed by atoms with E-state index in [0.717, 1.165) is 29.2 Å². The number of ether oxygens (including phenoxy) is 1. The van der Waals surface area contributed by atoms with Gasteiger partial charge in [-0.3, -0.25) is 4.79 Å². The predicted octanol–water partition coefficient (Wildman–Crippen LogP) is 5.79. The zero-order valence-electron chi connectivity index (χ0n) is 14.5. The van der Waals surface area contributed by atoms with Crippen molar-refractivity contribution in [1.29, 1.82) is 0 Å².